The Kier molecular flexibility index (Phi) is 5.22. The smallest absolute Gasteiger partial charge is 0.188 e. The van der Waals surface area contributed by atoms with Crippen LogP contribution in [0.4, 0.5) is 15.3 Å². The number of hydrogen-bond donors (Lipinski definition) is 2. The van der Waals surface area contributed by atoms with Crippen molar-refractivity contribution in [3.63, 3.8) is 0 Å². The first kappa shape index (κ1) is 17.1. The number of rotatable bonds is 5. The van der Waals surface area contributed by atoms with Crippen LogP contribution < -0.4 is 10.6 Å². The third kappa shape index (κ3) is 4.26. The van der Waals surface area contributed by atoms with Gasteiger partial charge in [0.05, 0.1) is 4.88 Å². The highest BCUT2D eigenvalue weighted by atomic mass is 32.1. The quantitative estimate of drug-likeness (QED) is 0.689. The molecule has 0 aliphatic carbocycles. The van der Waals surface area contributed by atoms with Gasteiger partial charge in [-0.25, -0.2) is 14.4 Å². The van der Waals surface area contributed by atoms with Crippen LogP contribution in [-0.4, -0.2) is 23.1 Å². The van der Waals surface area contributed by atoms with E-state index in [1.54, 1.807) is 18.3 Å². The van der Waals surface area contributed by atoms with Crippen LogP contribution in [0, 0.1) is 11.7 Å². The lowest BCUT2D eigenvalue weighted by Gasteiger charge is -2.22. The summed E-state index contributed by atoms with van der Waals surface area (Å²) in [7, 11) is 0. The van der Waals surface area contributed by atoms with E-state index in [-0.39, 0.29) is 5.82 Å². The van der Waals surface area contributed by atoms with Crippen molar-refractivity contribution in [3.8, 4) is 10.4 Å². The first-order chi connectivity index (χ1) is 12.8. The molecular formula is C20H21FN4S. The van der Waals surface area contributed by atoms with Crippen LogP contribution in [0.3, 0.4) is 0 Å². The number of piperidine rings is 1. The fourth-order valence-electron chi connectivity index (χ4n) is 3.24. The lowest BCUT2D eigenvalue weighted by molar-refractivity contribution is 0.376. The minimum Gasteiger partial charge on any atom is -0.316 e. The van der Waals surface area contributed by atoms with Gasteiger partial charge in [0.1, 0.15) is 11.6 Å². The third-order valence-electron chi connectivity index (χ3n) is 4.62. The van der Waals surface area contributed by atoms with Gasteiger partial charge in [0.25, 0.3) is 0 Å². The van der Waals surface area contributed by atoms with E-state index >= 15 is 0 Å². The monoisotopic (exact) mass is 368 g/mol. The van der Waals surface area contributed by atoms with Crippen molar-refractivity contribution in [1.82, 2.24) is 15.3 Å². The lowest BCUT2D eigenvalue weighted by atomic mass is 9.93. The zero-order valence-electron chi connectivity index (χ0n) is 14.4. The summed E-state index contributed by atoms with van der Waals surface area (Å²) >= 11 is 1.53. The Balaban J connectivity index is 1.39. The maximum Gasteiger partial charge on any atom is 0.188 e. The van der Waals surface area contributed by atoms with Gasteiger partial charge in [-0.05, 0) is 67.6 Å². The molecule has 0 amide bonds. The summed E-state index contributed by atoms with van der Waals surface area (Å²) in [5, 5.41) is 7.48. The standard InChI is InChI=1S/C20H21FN4S/c21-17-6-4-16(5-7-17)18-13-24-20(26-18)25-19-8-3-15(12-23-19)10-14-2-1-9-22-11-14/h3-8,12-14,22H,1-2,9-11H2,(H,23,24,25)/t14-/m0/s1. The van der Waals surface area contributed by atoms with Crippen molar-refractivity contribution >= 4 is 22.3 Å². The molecule has 0 radical (unpaired) electrons. The normalized spacial score (nSPS) is 17.2. The summed E-state index contributed by atoms with van der Waals surface area (Å²) in [6.07, 6.45) is 7.37. The van der Waals surface area contributed by atoms with E-state index in [4.69, 9.17) is 0 Å². The second kappa shape index (κ2) is 7.93. The Morgan fingerprint density at radius 3 is 2.73 bits per heavy atom. The number of aromatic nitrogens is 2. The van der Waals surface area contributed by atoms with Crippen molar-refractivity contribution in [2.75, 3.05) is 18.4 Å². The molecule has 6 heteroatoms. The zero-order chi connectivity index (χ0) is 17.8. The van der Waals surface area contributed by atoms with Gasteiger partial charge in [0.15, 0.2) is 5.13 Å². The van der Waals surface area contributed by atoms with E-state index in [0.29, 0.717) is 5.92 Å². The summed E-state index contributed by atoms with van der Waals surface area (Å²) in [5.74, 6) is 1.27. The molecule has 0 saturated carbocycles. The second-order valence-electron chi connectivity index (χ2n) is 6.63. The fraction of sp³-hybridized carbons (Fsp3) is 0.300. The summed E-state index contributed by atoms with van der Waals surface area (Å²) in [5.41, 5.74) is 2.23. The average molecular weight is 368 g/mol. The Bertz CT molecular complexity index is 839. The van der Waals surface area contributed by atoms with Gasteiger partial charge < -0.3 is 10.6 Å². The highest BCUT2D eigenvalue weighted by Gasteiger charge is 2.13. The van der Waals surface area contributed by atoms with Crippen LogP contribution in [0.25, 0.3) is 10.4 Å². The largest absolute Gasteiger partial charge is 0.316 e. The van der Waals surface area contributed by atoms with E-state index in [9.17, 15) is 4.39 Å². The Morgan fingerprint density at radius 2 is 2.00 bits per heavy atom. The van der Waals surface area contributed by atoms with Gasteiger partial charge in [0, 0.05) is 12.4 Å². The second-order valence-corrected chi connectivity index (χ2v) is 7.66. The lowest BCUT2D eigenvalue weighted by Crippen LogP contribution is -2.30. The van der Waals surface area contributed by atoms with Gasteiger partial charge in [-0.15, -0.1) is 0 Å². The van der Waals surface area contributed by atoms with Crippen LogP contribution in [0.5, 0.6) is 0 Å². The van der Waals surface area contributed by atoms with Gasteiger partial charge in [-0.2, -0.15) is 0 Å². The van der Waals surface area contributed by atoms with E-state index < -0.39 is 0 Å². The van der Waals surface area contributed by atoms with Crippen molar-refractivity contribution in [2.45, 2.75) is 19.3 Å². The highest BCUT2D eigenvalue weighted by molar-refractivity contribution is 7.18. The molecule has 26 heavy (non-hydrogen) atoms. The van der Waals surface area contributed by atoms with E-state index in [2.05, 4.69) is 26.7 Å². The van der Waals surface area contributed by atoms with Crippen LogP contribution in [0.1, 0.15) is 18.4 Å². The molecule has 2 aromatic heterocycles. The predicted octanol–water partition coefficient (Wildman–Crippen LogP) is 4.63. The summed E-state index contributed by atoms with van der Waals surface area (Å²) in [6, 6.07) is 10.6. The van der Waals surface area contributed by atoms with Crippen molar-refractivity contribution < 1.29 is 4.39 Å². The van der Waals surface area contributed by atoms with E-state index in [0.717, 1.165) is 40.9 Å². The third-order valence-corrected chi connectivity index (χ3v) is 5.58. The molecule has 3 aromatic rings. The number of hydrogen-bond acceptors (Lipinski definition) is 5. The van der Waals surface area contributed by atoms with Crippen molar-refractivity contribution in [1.29, 1.82) is 0 Å². The van der Waals surface area contributed by atoms with Gasteiger partial charge in [-0.1, -0.05) is 29.5 Å². The minimum absolute atomic E-state index is 0.232. The molecule has 4 nitrogen and oxygen atoms in total. The number of thiazole rings is 1. The molecule has 1 fully saturated rings. The van der Waals surface area contributed by atoms with Crippen LogP contribution >= 0.6 is 11.3 Å². The molecule has 0 unspecified atom stereocenters. The van der Waals surface area contributed by atoms with Crippen LogP contribution in [-0.2, 0) is 6.42 Å². The molecule has 1 saturated heterocycles. The molecule has 1 atom stereocenters. The number of anilines is 2. The minimum atomic E-state index is -0.232. The number of nitrogens with one attached hydrogen (secondary N) is 2. The molecule has 0 spiro atoms. The Morgan fingerprint density at radius 1 is 1.12 bits per heavy atom. The molecule has 1 aliphatic heterocycles. The highest BCUT2D eigenvalue weighted by Crippen LogP contribution is 2.30. The maximum absolute atomic E-state index is 13.0. The van der Waals surface area contributed by atoms with Crippen molar-refractivity contribution in [2.24, 2.45) is 5.92 Å². The van der Waals surface area contributed by atoms with Gasteiger partial charge in [0.2, 0.25) is 0 Å². The zero-order valence-corrected chi connectivity index (χ0v) is 15.2. The Labute approximate surface area is 156 Å². The number of benzene rings is 1. The van der Waals surface area contributed by atoms with E-state index in [1.807, 2.05) is 12.3 Å². The predicted molar refractivity (Wildman–Crippen MR) is 104 cm³/mol. The van der Waals surface area contributed by atoms with Crippen LogP contribution in [0.15, 0.2) is 48.8 Å². The number of nitrogens with zero attached hydrogens (tertiary/aromatic N) is 2. The van der Waals surface area contributed by atoms with E-state index in [1.165, 1.54) is 41.9 Å². The molecule has 4 rings (SSSR count). The van der Waals surface area contributed by atoms with Gasteiger partial charge >= 0.3 is 0 Å². The summed E-state index contributed by atoms with van der Waals surface area (Å²) in [4.78, 5) is 9.90. The fourth-order valence-corrected chi connectivity index (χ4v) is 4.07. The summed E-state index contributed by atoms with van der Waals surface area (Å²) in [6.45, 7) is 2.25. The Hall–Kier alpha value is -2.31. The molecular weight excluding hydrogens is 347 g/mol. The molecule has 1 aliphatic rings. The van der Waals surface area contributed by atoms with Crippen molar-refractivity contribution in [3.05, 3.63) is 60.2 Å². The summed E-state index contributed by atoms with van der Waals surface area (Å²) < 4.78 is 13.0. The van der Waals surface area contributed by atoms with Crippen LogP contribution in [0.2, 0.25) is 0 Å². The first-order valence-electron chi connectivity index (χ1n) is 8.91. The average Bonchev–Trinajstić information content (AvgIpc) is 3.13. The molecule has 2 N–H and O–H groups in total. The molecule has 1 aromatic carbocycles. The molecule has 3 heterocycles. The SMILES string of the molecule is Fc1ccc(-c2cnc(Nc3ccc(C[C@@H]4CCCNC4)cn3)s2)cc1. The maximum atomic E-state index is 13.0. The molecule has 0 bridgehead atoms. The topological polar surface area (TPSA) is 49.8 Å². The van der Waals surface area contributed by atoms with Gasteiger partial charge in [-0.3, -0.25) is 0 Å². The first-order valence-corrected chi connectivity index (χ1v) is 9.72. The number of pyridine rings is 1. The number of halogens is 1. The molecule has 134 valence electrons.